The van der Waals surface area contributed by atoms with Crippen LogP contribution in [0.25, 0.3) is 0 Å². The molecule has 0 amide bonds. The van der Waals surface area contributed by atoms with Crippen molar-refractivity contribution in [1.82, 2.24) is 4.90 Å². The first-order chi connectivity index (χ1) is 7.72. The Labute approximate surface area is 104 Å². The third-order valence-electron chi connectivity index (χ3n) is 3.22. The van der Waals surface area contributed by atoms with E-state index in [9.17, 15) is 4.79 Å². The lowest BCUT2D eigenvalue weighted by molar-refractivity contribution is -0.161. The van der Waals surface area contributed by atoms with Gasteiger partial charge in [0.1, 0.15) is 11.6 Å². The SMILES string of the molecule is CC1OCCC1N(C)C(C)C(=O)OC(C)(C)C. The largest absolute Gasteiger partial charge is 0.459 e. The summed E-state index contributed by atoms with van der Waals surface area (Å²) in [5, 5.41) is 0. The molecule has 3 atom stereocenters. The van der Waals surface area contributed by atoms with E-state index in [1.807, 2.05) is 34.7 Å². The maximum absolute atomic E-state index is 12.0. The number of nitrogens with zero attached hydrogens (tertiary/aromatic N) is 1. The molecule has 1 aliphatic rings. The number of esters is 1. The van der Waals surface area contributed by atoms with E-state index in [-0.39, 0.29) is 18.1 Å². The van der Waals surface area contributed by atoms with Gasteiger partial charge in [0.05, 0.1) is 6.10 Å². The maximum Gasteiger partial charge on any atom is 0.323 e. The van der Waals surface area contributed by atoms with Crippen LogP contribution >= 0.6 is 0 Å². The molecule has 1 rings (SSSR count). The minimum Gasteiger partial charge on any atom is -0.459 e. The summed E-state index contributed by atoms with van der Waals surface area (Å²) in [6, 6.07) is 0.0703. The fourth-order valence-corrected chi connectivity index (χ4v) is 2.10. The van der Waals surface area contributed by atoms with Crippen molar-refractivity contribution in [2.75, 3.05) is 13.7 Å². The van der Waals surface area contributed by atoms with Crippen molar-refractivity contribution in [3.8, 4) is 0 Å². The first-order valence-electron chi connectivity index (χ1n) is 6.29. The fourth-order valence-electron chi connectivity index (χ4n) is 2.10. The predicted octanol–water partition coefficient (Wildman–Crippen LogP) is 1.83. The highest BCUT2D eigenvalue weighted by Crippen LogP contribution is 2.21. The van der Waals surface area contributed by atoms with Crippen LogP contribution in [0.2, 0.25) is 0 Å². The Hall–Kier alpha value is -0.610. The Bertz CT molecular complexity index is 272. The predicted molar refractivity (Wildman–Crippen MR) is 66.9 cm³/mol. The van der Waals surface area contributed by atoms with Crippen LogP contribution in [0.4, 0.5) is 0 Å². The lowest BCUT2D eigenvalue weighted by Crippen LogP contribution is -2.47. The topological polar surface area (TPSA) is 38.8 Å². The van der Waals surface area contributed by atoms with Gasteiger partial charge in [-0.25, -0.2) is 0 Å². The van der Waals surface area contributed by atoms with Gasteiger partial charge in [-0.15, -0.1) is 0 Å². The van der Waals surface area contributed by atoms with E-state index in [4.69, 9.17) is 9.47 Å². The van der Waals surface area contributed by atoms with E-state index < -0.39 is 5.60 Å². The van der Waals surface area contributed by atoms with Gasteiger partial charge in [0.15, 0.2) is 0 Å². The van der Waals surface area contributed by atoms with Gasteiger partial charge in [-0.3, -0.25) is 9.69 Å². The summed E-state index contributed by atoms with van der Waals surface area (Å²) in [5.74, 6) is -0.167. The third-order valence-corrected chi connectivity index (χ3v) is 3.22. The van der Waals surface area contributed by atoms with Gasteiger partial charge in [0.25, 0.3) is 0 Å². The van der Waals surface area contributed by atoms with Gasteiger partial charge in [-0.2, -0.15) is 0 Å². The second-order valence-corrected chi connectivity index (χ2v) is 5.81. The second-order valence-electron chi connectivity index (χ2n) is 5.81. The minimum absolute atomic E-state index is 0.167. The Morgan fingerprint density at radius 1 is 1.47 bits per heavy atom. The van der Waals surface area contributed by atoms with Crippen molar-refractivity contribution >= 4 is 5.97 Å². The molecule has 1 heterocycles. The third kappa shape index (κ3) is 3.96. The molecule has 0 saturated carbocycles. The van der Waals surface area contributed by atoms with Crippen LogP contribution in [0.5, 0.6) is 0 Å². The van der Waals surface area contributed by atoms with E-state index in [2.05, 4.69) is 11.8 Å². The number of hydrogen-bond donors (Lipinski definition) is 0. The van der Waals surface area contributed by atoms with Crippen LogP contribution in [-0.2, 0) is 14.3 Å². The van der Waals surface area contributed by atoms with Crippen LogP contribution in [0.3, 0.4) is 0 Å². The number of ether oxygens (including phenoxy) is 2. The summed E-state index contributed by atoms with van der Waals surface area (Å²) in [5.41, 5.74) is -0.427. The van der Waals surface area contributed by atoms with Crippen molar-refractivity contribution in [3.05, 3.63) is 0 Å². The number of likely N-dealkylation sites (N-methyl/N-ethyl adjacent to an activating group) is 1. The lowest BCUT2D eigenvalue weighted by Gasteiger charge is -2.32. The molecule has 0 radical (unpaired) electrons. The van der Waals surface area contributed by atoms with Gasteiger partial charge in [-0.05, 0) is 48.1 Å². The van der Waals surface area contributed by atoms with Crippen molar-refractivity contribution in [1.29, 1.82) is 0 Å². The Morgan fingerprint density at radius 3 is 2.47 bits per heavy atom. The average molecular weight is 243 g/mol. The average Bonchev–Trinajstić information content (AvgIpc) is 2.59. The molecule has 0 aromatic heterocycles. The highest BCUT2D eigenvalue weighted by atomic mass is 16.6. The first kappa shape index (κ1) is 14.5. The second kappa shape index (κ2) is 5.36. The van der Waals surface area contributed by atoms with E-state index in [0.717, 1.165) is 13.0 Å². The molecule has 1 fully saturated rings. The fraction of sp³-hybridized carbons (Fsp3) is 0.923. The number of hydrogen-bond acceptors (Lipinski definition) is 4. The van der Waals surface area contributed by atoms with Crippen molar-refractivity contribution in [2.24, 2.45) is 0 Å². The molecule has 0 N–H and O–H groups in total. The summed E-state index contributed by atoms with van der Waals surface area (Å²) in [4.78, 5) is 14.0. The van der Waals surface area contributed by atoms with Gasteiger partial charge >= 0.3 is 5.97 Å². The molecule has 4 nitrogen and oxygen atoms in total. The van der Waals surface area contributed by atoms with Crippen LogP contribution < -0.4 is 0 Å². The van der Waals surface area contributed by atoms with Crippen LogP contribution in [0, 0.1) is 0 Å². The molecule has 0 aromatic carbocycles. The highest BCUT2D eigenvalue weighted by molar-refractivity contribution is 5.75. The summed E-state index contributed by atoms with van der Waals surface area (Å²) < 4.78 is 10.9. The monoisotopic (exact) mass is 243 g/mol. The van der Waals surface area contributed by atoms with Gasteiger partial charge in [0, 0.05) is 12.6 Å². The van der Waals surface area contributed by atoms with Gasteiger partial charge in [-0.1, -0.05) is 0 Å². The Morgan fingerprint density at radius 2 is 2.06 bits per heavy atom. The molecular weight excluding hydrogens is 218 g/mol. The molecule has 17 heavy (non-hydrogen) atoms. The minimum atomic E-state index is -0.427. The maximum atomic E-state index is 12.0. The molecule has 1 saturated heterocycles. The molecule has 100 valence electrons. The van der Waals surface area contributed by atoms with E-state index in [0.29, 0.717) is 6.04 Å². The standard InChI is InChI=1S/C13H25NO3/c1-9(12(15)17-13(3,4)5)14(6)11-7-8-16-10(11)2/h9-11H,7-8H2,1-6H3. The smallest absolute Gasteiger partial charge is 0.323 e. The van der Waals surface area contributed by atoms with Crippen LogP contribution in [-0.4, -0.2) is 48.3 Å². The van der Waals surface area contributed by atoms with Crippen molar-refractivity contribution < 1.29 is 14.3 Å². The molecular formula is C13H25NO3. The highest BCUT2D eigenvalue weighted by Gasteiger charge is 2.34. The number of carbonyl (C=O) groups excluding carboxylic acids is 1. The molecule has 0 spiro atoms. The van der Waals surface area contributed by atoms with E-state index >= 15 is 0 Å². The lowest BCUT2D eigenvalue weighted by atomic mass is 10.1. The van der Waals surface area contributed by atoms with E-state index in [1.165, 1.54) is 0 Å². The molecule has 0 bridgehead atoms. The zero-order chi connectivity index (χ0) is 13.2. The van der Waals surface area contributed by atoms with Crippen LogP contribution in [0.1, 0.15) is 41.0 Å². The summed E-state index contributed by atoms with van der Waals surface area (Å²) in [6.07, 6.45) is 1.16. The quantitative estimate of drug-likeness (QED) is 0.709. The molecule has 3 unspecified atom stereocenters. The summed E-state index contributed by atoms with van der Waals surface area (Å²) in [7, 11) is 1.96. The summed E-state index contributed by atoms with van der Waals surface area (Å²) in [6.45, 7) is 10.4. The Balaban J connectivity index is 2.56. The van der Waals surface area contributed by atoms with E-state index in [1.54, 1.807) is 0 Å². The zero-order valence-corrected chi connectivity index (χ0v) is 11.8. The number of rotatable bonds is 3. The molecule has 0 aromatic rings. The zero-order valence-electron chi connectivity index (χ0n) is 11.8. The van der Waals surface area contributed by atoms with Gasteiger partial charge in [0.2, 0.25) is 0 Å². The molecule has 4 heteroatoms. The summed E-state index contributed by atoms with van der Waals surface area (Å²) >= 11 is 0. The Kier molecular flexibility index (Phi) is 4.55. The normalized spacial score (nSPS) is 27.2. The van der Waals surface area contributed by atoms with Crippen molar-refractivity contribution in [3.63, 3.8) is 0 Å². The molecule has 1 aliphatic heterocycles. The van der Waals surface area contributed by atoms with Crippen LogP contribution in [0.15, 0.2) is 0 Å². The first-order valence-corrected chi connectivity index (χ1v) is 6.29. The van der Waals surface area contributed by atoms with Crippen molar-refractivity contribution in [2.45, 2.75) is 64.8 Å². The number of carbonyl (C=O) groups is 1. The van der Waals surface area contributed by atoms with Gasteiger partial charge < -0.3 is 9.47 Å². The molecule has 0 aliphatic carbocycles.